The minimum absolute atomic E-state index is 0.425. The normalized spacial score (nSPS) is 10.1. The molecule has 12 heteroatoms. The molecule has 4 aromatic carbocycles. The number of nitrogens with zero attached hydrogens (tertiary/aromatic N) is 10. The Kier molecular flexibility index (Phi) is 14.4. The van der Waals surface area contributed by atoms with E-state index in [1.54, 1.807) is 59.2 Å². The molecule has 12 nitrogen and oxygen atoms in total. The highest BCUT2D eigenvalue weighted by molar-refractivity contribution is 5.73. The van der Waals surface area contributed by atoms with Gasteiger partial charge in [-0.1, -0.05) is 37.4 Å². The maximum atomic E-state index is 10.8. The molecule has 0 aliphatic rings. The first kappa shape index (κ1) is 43.2. The summed E-state index contributed by atoms with van der Waals surface area (Å²) in [4.78, 5) is 43.9. The van der Waals surface area contributed by atoms with E-state index in [-0.39, 0.29) is 0 Å². The third kappa shape index (κ3) is 11.6. The van der Waals surface area contributed by atoms with Gasteiger partial charge in [-0.15, -0.1) is 4.98 Å². The lowest BCUT2D eigenvalue weighted by molar-refractivity contribution is 0.111. The summed E-state index contributed by atoms with van der Waals surface area (Å²) in [5, 5.41) is 0. The zero-order valence-corrected chi connectivity index (χ0v) is 35.0. The van der Waals surface area contributed by atoms with Crippen molar-refractivity contribution >= 4 is 24.2 Å². The first-order chi connectivity index (χ1) is 28.8. The van der Waals surface area contributed by atoms with Crippen LogP contribution in [-0.2, 0) is 0 Å². The van der Waals surface area contributed by atoms with Crippen LogP contribution in [0.3, 0.4) is 0 Å². The number of aromatic nitrogens is 8. The van der Waals surface area contributed by atoms with Gasteiger partial charge in [0.2, 0.25) is 0 Å². The third-order valence-electron chi connectivity index (χ3n) is 8.91. The smallest absolute Gasteiger partial charge is 0.287 e. The van der Waals surface area contributed by atoms with E-state index in [4.69, 9.17) is 13.1 Å². The van der Waals surface area contributed by atoms with Gasteiger partial charge in [-0.3, -0.25) is 18.7 Å². The maximum Gasteiger partial charge on any atom is 0.287 e. The van der Waals surface area contributed by atoms with Crippen LogP contribution in [0.5, 0.6) is 0 Å². The molecule has 0 N–H and O–H groups in total. The van der Waals surface area contributed by atoms with Gasteiger partial charge in [-0.2, -0.15) is 0 Å². The minimum Gasteiger partial charge on any atom is -0.362 e. The summed E-state index contributed by atoms with van der Waals surface area (Å²) in [6, 6.07) is 24.9. The molecule has 0 radical (unpaired) electrons. The van der Waals surface area contributed by atoms with E-state index in [1.165, 1.54) is 44.5 Å². The molecule has 4 aromatic heterocycles. The molecule has 0 atom stereocenters. The fourth-order valence-corrected chi connectivity index (χ4v) is 6.61. The van der Waals surface area contributed by atoms with Crippen molar-refractivity contribution in [2.75, 3.05) is 0 Å². The Balaban J connectivity index is 0.000000152. The van der Waals surface area contributed by atoms with Crippen molar-refractivity contribution in [2.24, 2.45) is 0 Å². The molecule has 8 rings (SSSR count). The Hall–Kier alpha value is -7.96. The van der Waals surface area contributed by atoms with E-state index in [0.29, 0.717) is 23.0 Å². The largest absolute Gasteiger partial charge is 0.362 e. The summed E-state index contributed by atoms with van der Waals surface area (Å²) in [7, 11) is 0. The predicted octanol–water partition coefficient (Wildman–Crippen LogP) is 10.7. The van der Waals surface area contributed by atoms with Crippen LogP contribution in [0.1, 0.15) is 65.5 Å². The highest BCUT2D eigenvalue weighted by Crippen LogP contribution is 2.21. The molecule has 0 unspecified atom stereocenters. The third-order valence-corrected chi connectivity index (χ3v) is 8.91. The van der Waals surface area contributed by atoms with E-state index < -0.39 is 0 Å². The highest BCUT2D eigenvalue weighted by Gasteiger charge is 2.08. The standard InChI is InChI=1S/2C12H11N3.2C12H12N2O/c1-9-4-10(2)6-11(5-9)15-7-12(13-3)14-8-15;1-9-4-10(2)6-11(5-9)15-8-14-7-12(15)13-3;1-9-3-10(2)5-12(4-9)14-6-11(7-15)13-8-14;1-9-3-10(2)5-11(4-9)14-8-13-6-12(14)7-15/h2*4-8H,1-2H3;2*3-8H,1-2H3. The monoisotopic (exact) mass is 794 g/mol. The van der Waals surface area contributed by atoms with Crippen LogP contribution in [0.2, 0.25) is 0 Å². The van der Waals surface area contributed by atoms with Crippen LogP contribution in [0.25, 0.3) is 32.4 Å². The minimum atomic E-state index is 0.425. The molecule has 0 bridgehead atoms. The van der Waals surface area contributed by atoms with Gasteiger partial charge in [0.1, 0.15) is 23.4 Å². The Morgan fingerprint density at radius 1 is 0.467 bits per heavy atom. The Labute approximate surface area is 350 Å². The van der Waals surface area contributed by atoms with E-state index in [1.807, 2.05) is 74.9 Å². The fraction of sp³-hybridized carbons (Fsp3) is 0.167. The maximum absolute atomic E-state index is 10.8. The lowest BCUT2D eigenvalue weighted by Gasteiger charge is -2.06. The lowest BCUT2D eigenvalue weighted by Crippen LogP contribution is -1.98. The van der Waals surface area contributed by atoms with E-state index in [2.05, 4.69) is 92.0 Å². The zero-order valence-electron chi connectivity index (χ0n) is 35.0. The van der Waals surface area contributed by atoms with E-state index >= 15 is 0 Å². The average molecular weight is 795 g/mol. The number of hydrogen-bond donors (Lipinski definition) is 0. The number of carbonyl (C=O) groups excluding carboxylic acids is 2. The van der Waals surface area contributed by atoms with Crippen molar-refractivity contribution in [1.82, 2.24) is 38.2 Å². The summed E-state index contributed by atoms with van der Waals surface area (Å²) in [5.74, 6) is 0.967. The molecule has 0 saturated heterocycles. The molecule has 8 aromatic rings. The first-order valence-electron chi connectivity index (χ1n) is 18.9. The second-order valence-corrected chi connectivity index (χ2v) is 14.5. The van der Waals surface area contributed by atoms with Gasteiger partial charge in [0.15, 0.2) is 25.2 Å². The molecule has 0 amide bonds. The first-order valence-corrected chi connectivity index (χ1v) is 18.9. The predicted molar refractivity (Wildman–Crippen MR) is 235 cm³/mol. The number of rotatable bonds is 6. The number of imidazole rings is 4. The lowest BCUT2D eigenvalue weighted by atomic mass is 10.1. The van der Waals surface area contributed by atoms with Crippen molar-refractivity contribution < 1.29 is 9.59 Å². The SMILES string of the molecule is Cc1cc(C)cc(-n2cnc(C=O)c2)c1.Cc1cc(C)cc(-n2cncc2C=O)c1.[C-]#[N+]c1cn(-c2cc(C)cc(C)c2)cn1.[C-]#[N+]c1cncn1-c1cc(C)cc(C)c1. The summed E-state index contributed by atoms with van der Waals surface area (Å²) < 4.78 is 7.30. The van der Waals surface area contributed by atoms with Gasteiger partial charge in [-0.25, -0.2) is 19.5 Å². The Bertz CT molecular complexity index is 2760. The van der Waals surface area contributed by atoms with Crippen molar-refractivity contribution in [2.45, 2.75) is 55.4 Å². The molecular weight excluding hydrogens is 749 g/mol. The second-order valence-electron chi connectivity index (χ2n) is 14.5. The molecule has 0 aliphatic carbocycles. The molecular formula is C48H46N10O2. The molecule has 4 heterocycles. The quantitative estimate of drug-likeness (QED) is 0.122. The van der Waals surface area contributed by atoms with Crippen LogP contribution in [0.15, 0.2) is 123 Å². The Morgan fingerprint density at radius 2 is 0.883 bits per heavy atom. The zero-order chi connectivity index (χ0) is 43.3. The fourth-order valence-electron chi connectivity index (χ4n) is 6.61. The van der Waals surface area contributed by atoms with Gasteiger partial charge in [0, 0.05) is 29.5 Å². The van der Waals surface area contributed by atoms with Crippen LogP contribution < -0.4 is 0 Å². The number of aldehydes is 2. The van der Waals surface area contributed by atoms with Crippen molar-refractivity contribution in [3.63, 3.8) is 0 Å². The summed E-state index contributed by atoms with van der Waals surface area (Å²) in [6.45, 7) is 30.3. The molecule has 0 saturated carbocycles. The van der Waals surface area contributed by atoms with Crippen LogP contribution in [-0.4, -0.2) is 50.8 Å². The molecule has 300 valence electrons. The molecule has 0 spiro atoms. The number of hydrogen-bond acceptors (Lipinski definition) is 6. The van der Waals surface area contributed by atoms with Crippen molar-refractivity contribution in [3.05, 3.63) is 202 Å². The summed E-state index contributed by atoms with van der Waals surface area (Å²) in [6.07, 6.45) is 14.8. The molecule has 60 heavy (non-hydrogen) atoms. The molecule has 0 aliphatic heterocycles. The number of benzene rings is 4. The summed E-state index contributed by atoms with van der Waals surface area (Å²) in [5.41, 5.74) is 14.6. The van der Waals surface area contributed by atoms with E-state index in [0.717, 1.165) is 35.3 Å². The van der Waals surface area contributed by atoms with Gasteiger partial charge in [0.05, 0.1) is 18.7 Å². The van der Waals surface area contributed by atoms with Gasteiger partial charge in [-0.05, 0) is 148 Å². The Morgan fingerprint density at radius 3 is 1.30 bits per heavy atom. The second kappa shape index (κ2) is 19.9. The van der Waals surface area contributed by atoms with Gasteiger partial charge in [0.25, 0.3) is 11.6 Å². The topological polar surface area (TPSA) is 114 Å². The number of aryl methyl sites for hydroxylation is 8. The van der Waals surface area contributed by atoms with Crippen molar-refractivity contribution in [3.8, 4) is 22.7 Å². The highest BCUT2D eigenvalue weighted by atomic mass is 16.1. The summed E-state index contributed by atoms with van der Waals surface area (Å²) >= 11 is 0. The average Bonchev–Trinajstić information content (AvgIpc) is 4.04. The van der Waals surface area contributed by atoms with E-state index in [9.17, 15) is 9.59 Å². The van der Waals surface area contributed by atoms with Crippen LogP contribution in [0.4, 0.5) is 11.6 Å². The van der Waals surface area contributed by atoms with Crippen LogP contribution in [0, 0.1) is 68.5 Å². The number of carbonyl (C=O) groups is 2. The van der Waals surface area contributed by atoms with Crippen molar-refractivity contribution in [1.29, 1.82) is 0 Å². The van der Waals surface area contributed by atoms with Gasteiger partial charge < -0.3 is 14.3 Å². The molecule has 0 fully saturated rings. The van der Waals surface area contributed by atoms with Crippen LogP contribution >= 0.6 is 0 Å². The van der Waals surface area contributed by atoms with Gasteiger partial charge >= 0.3 is 0 Å².